The van der Waals surface area contributed by atoms with Crippen LogP contribution >= 0.6 is 0 Å². The standard InChI is InChI=1S/C19H25NO5/c1-5-7-8-11(21)15-14-12(22)9-19(3,4)10-13(14)25-17(20)16(15)18(23)24-6-2/h5,7-8,15,21H,6,9-10,20H2,1-4H3. The normalized spacial score (nSPS) is 23.6. The number of allylic oxidation sites excluding steroid dienone is 5. The highest BCUT2D eigenvalue weighted by Crippen LogP contribution is 2.46. The molecule has 0 amide bonds. The average molecular weight is 347 g/mol. The predicted octanol–water partition coefficient (Wildman–Crippen LogP) is 3.03. The molecule has 0 saturated carbocycles. The highest BCUT2D eigenvalue weighted by molar-refractivity contribution is 6.02. The van der Waals surface area contributed by atoms with Crippen molar-refractivity contribution in [2.45, 2.75) is 40.5 Å². The van der Waals surface area contributed by atoms with Gasteiger partial charge in [0.25, 0.3) is 0 Å². The third kappa shape index (κ3) is 3.78. The van der Waals surface area contributed by atoms with E-state index >= 15 is 0 Å². The maximum Gasteiger partial charge on any atom is 0.340 e. The van der Waals surface area contributed by atoms with Crippen LogP contribution in [0, 0.1) is 11.3 Å². The van der Waals surface area contributed by atoms with E-state index in [0.717, 1.165) is 0 Å². The molecular formula is C19H25NO5. The fraction of sp³-hybridized carbons (Fsp3) is 0.474. The summed E-state index contributed by atoms with van der Waals surface area (Å²) in [6.45, 7) is 7.53. The Morgan fingerprint density at radius 3 is 2.72 bits per heavy atom. The van der Waals surface area contributed by atoms with E-state index in [4.69, 9.17) is 15.2 Å². The van der Waals surface area contributed by atoms with Crippen LogP contribution in [0.4, 0.5) is 0 Å². The van der Waals surface area contributed by atoms with Crippen molar-refractivity contribution < 1.29 is 24.2 Å². The largest absolute Gasteiger partial charge is 0.511 e. The van der Waals surface area contributed by atoms with Gasteiger partial charge in [-0.15, -0.1) is 0 Å². The molecule has 1 atom stereocenters. The van der Waals surface area contributed by atoms with Crippen molar-refractivity contribution in [2.75, 3.05) is 6.61 Å². The van der Waals surface area contributed by atoms with Gasteiger partial charge in [0.2, 0.25) is 5.88 Å². The number of ether oxygens (including phenoxy) is 2. The van der Waals surface area contributed by atoms with Crippen LogP contribution in [0.2, 0.25) is 0 Å². The van der Waals surface area contributed by atoms with Gasteiger partial charge < -0.3 is 20.3 Å². The monoisotopic (exact) mass is 347 g/mol. The average Bonchev–Trinajstić information content (AvgIpc) is 2.50. The Balaban J connectivity index is 2.60. The van der Waals surface area contributed by atoms with Crippen LogP contribution in [0.1, 0.15) is 40.5 Å². The molecule has 0 saturated heterocycles. The zero-order valence-corrected chi connectivity index (χ0v) is 15.1. The van der Waals surface area contributed by atoms with Crippen LogP contribution in [-0.2, 0) is 19.1 Å². The van der Waals surface area contributed by atoms with Crippen LogP contribution < -0.4 is 5.73 Å². The third-order valence-electron chi connectivity index (χ3n) is 4.21. The zero-order chi connectivity index (χ0) is 18.8. The molecule has 0 aromatic heterocycles. The predicted molar refractivity (Wildman–Crippen MR) is 93.0 cm³/mol. The number of esters is 1. The van der Waals surface area contributed by atoms with E-state index in [2.05, 4.69) is 0 Å². The van der Waals surface area contributed by atoms with Gasteiger partial charge in [-0.2, -0.15) is 0 Å². The lowest BCUT2D eigenvalue weighted by Crippen LogP contribution is -2.37. The molecule has 0 aromatic carbocycles. The van der Waals surface area contributed by atoms with E-state index in [1.165, 1.54) is 6.08 Å². The Bertz CT molecular complexity index is 709. The fourth-order valence-corrected chi connectivity index (χ4v) is 3.18. The summed E-state index contributed by atoms with van der Waals surface area (Å²) in [5.74, 6) is -1.69. The number of ketones is 1. The van der Waals surface area contributed by atoms with Gasteiger partial charge in [0.1, 0.15) is 17.1 Å². The number of carbonyl (C=O) groups is 2. The second-order valence-electron chi connectivity index (χ2n) is 6.93. The van der Waals surface area contributed by atoms with Crippen LogP contribution in [0.3, 0.4) is 0 Å². The highest BCUT2D eigenvalue weighted by atomic mass is 16.5. The molecule has 1 aliphatic carbocycles. The molecule has 6 nitrogen and oxygen atoms in total. The van der Waals surface area contributed by atoms with Gasteiger partial charge in [-0.1, -0.05) is 26.0 Å². The molecule has 3 N–H and O–H groups in total. The summed E-state index contributed by atoms with van der Waals surface area (Å²) in [6.07, 6.45) is 5.60. The number of nitrogens with two attached hydrogens (primary N) is 1. The van der Waals surface area contributed by atoms with E-state index in [1.807, 2.05) is 13.8 Å². The van der Waals surface area contributed by atoms with Crippen LogP contribution in [-0.4, -0.2) is 23.5 Å². The van der Waals surface area contributed by atoms with Crippen molar-refractivity contribution in [3.05, 3.63) is 46.8 Å². The minimum absolute atomic E-state index is 0.0353. The lowest BCUT2D eigenvalue weighted by Gasteiger charge is -2.37. The number of hydrogen-bond donors (Lipinski definition) is 2. The van der Waals surface area contributed by atoms with Crippen molar-refractivity contribution in [1.82, 2.24) is 0 Å². The summed E-state index contributed by atoms with van der Waals surface area (Å²) < 4.78 is 10.7. The van der Waals surface area contributed by atoms with Crippen LogP contribution in [0.25, 0.3) is 0 Å². The van der Waals surface area contributed by atoms with E-state index in [-0.39, 0.29) is 40.6 Å². The van der Waals surface area contributed by atoms with Crippen LogP contribution in [0.5, 0.6) is 0 Å². The van der Waals surface area contributed by atoms with Gasteiger partial charge >= 0.3 is 5.97 Å². The minimum atomic E-state index is -0.970. The summed E-state index contributed by atoms with van der Waals surface area (Å²) >= 11 is 0. The molecule has 0 bridgehead atoms. The van der Waals surface area contributed by atoms with E-state index in [0.29, 0.717) is 18.6 Å². The van der Waals surface area contributed by atoms with Gasteiger partial charge in [-0.25, -0.2) is 4.79 Å². The van der Waals surface area contributed by atoms with Gasteiger partial charge in [0, 0.05) is 18.4 Å². The molecule has 2 rings (SSSR count). The first-order valence-corrected chi connectivity index (χ1v) is 8.34. The summed E-state index contributed by atoms with van der Waals surface area (Å²) in [6, 6.07) is 0. The second-order valence-corrected chi connectivity index (χ2v) is 6.93. The Morgan fingerprint density at radius 2 is 2.12 bits per heavy atom. The Kier molecular flexibility index (Phi) is 5.40. The Labute approximate surface area is 147 Å². The first-order valence-electron chi connectivity index (χ1n) is 8.34. The molecule has 1 unspecified atom stereocenters. The van der Waals surface area contributed by atoms with Crippen LogP contribution in [0.15, 0.2) is 46.8 Å². The minimum Gasteiger partial charge on any atom is -0.511 e. The number of rotatable bonds is 4. The van der Waals surface area contributed by atoms with Gasteiger partial charge in [-0.05, 0) is 25.3 Å². The Morgan fingerprint density at radius 1 is 1.44 bits per heavy atom. The van der Waals surface area contributed by atoms with Crippen molar-refractivity contribution in [3.63, 3.8) is 0 Å². The molecule has 1 aliphatic heterocycles. The third-order valence-corrected chi connectivity index (χ3v) is 4.21. The fourth-order valence-electron chi connectivity index (χ4n) is 3.18. The summed E-state index contributed by atoms with van der Waals surface area (Å²) in [5.41, 5.74) is 5.94. The zero-order valence-electron chi connectivity index (χ0n) is 15.1. The van der Waals surface area contributed by atoms with Gasteiger partial charge in [-0.3, -0.25) is 4.79 Å². The number of aliphatic hydroxyl groups is 1. The lowest BCUT2D eigenvalue weighted by atomic mass is 9.71. The number of aliphatic hydroxyl groups excluding tert-OH is 1. The molecular weight excluding hydrogens is 322 g/mol. The van der Waals surface area contributed by atoms with Gasteiger partial charge in [0.15, 0.2) is 5.78 Å². The van der Waals surface area contributed by atoms with E-state index < -0.39 is 11.9 Å². The molecule has 6 heteroatoms. The number of Topliss-reactive ketones (excluding diaryl/α,β-unsaturated/α-hetero) is 1. The van der Waals surface area contributed by atoms with Crippen molar-refractivity contribution in [3.8, 4) is 0 Å². The van der Waals surface area contributed by atoms with E-state index in [9.17, 15) is 14.7 Å². The molecule has 1 heterocycles. The molecule has 2 aliphatic rings. The SMILES string of the molecule is CC=CC=C(O)C1C(C(=O)OCC)=C(N)OC2=C1C(=O)CC(C)(C)C2. The van der Waals surface area contributed by atoms with Crippen molar-refractivity contribution in [1.29, 1.82) is 0 Å². The molecule has 0 fully saturated rings. The first kappa shape index (κ1) is 18.8. The molecule has 0 spiro atoms. The van der Waals surface area contributed by atoms with Gasteiger partial charge in [0.05, 0.1) is 12.5 Å². The quantitative estimate of drug-likeness (QED) is 0.461. The first-order chi connectivity index (χ1) is 11.7. The number of carbonyl (C=O) groups excluding carboxylic acids is 2. The van der Waals surface area contributed by atoms with E-state index in [1.54, 1.807) is 26.0 Å². The molecule has 0 aromatic rings. The molecule has 0 radical (unpaired) electrons. The summed E-state index contributed by atoms with van der Waals surface area (Å²) in [7, 11) is 0. The van der Waals surface area contributed by atoms with Crippen molar-refractivity contribution in [2.24, 2.45) is 17.1 Å². The lowest BCUT2D eigenvalue weighted by molar-refractivity contribution is -0.139. The topological polar surface area (TPSA) is 98.8 Å². The second kappa shape index (κ2) is 7.17. The Hall–Kier alpha value is -2.50. The molecule has 136 valence electrons. The maximum atomic E-state index is 12.8. The molecule has 25 heavy (non-hydrogen) atoms. The smallest absolute Gasteiger partial charge is 0.340 e. The summed E-state index contributed by atoms with van der Waals surface area (Å²) in [5, 5.41) is 10.6. The number of hydrogen-bond acceptors (Lipinski definition) is 6. The van der Waals surface area contributed by atoms with Crippen molar-refractivity contribution >= 4 is 11.8 Å². The highest BCUT2D eigenvalue weighted by Gasteiger charge is 2.45. The maximum absolute atomic E-state index is 12.8. The summed E-state index contributed by atoms with van der Waals surface area (Å²) in [4.78, 5) is 25.1.